The van der Waals surface area contributed by atoms with Crippen LogP contribution in [0.1, 0.15) is 28.1 Å². The summed E-state index contributed by atoms with van der Waals surface area (Å²) in [6, 6.07) is 16.3. The Morgan fingerprint density at radius 2 is 1.83 bits per heavy atom. The maximum Gasteiger partial charge on any atom is 0.270 e. The number of nitro benzene ring substituents is 1. The number of carbonyl (C=O) groups is 2. The predicted octanol–water partition coefficient (Wildman–Crippen LogP) is 4.00. The monoisotopic (exact) mass is 476 g/mol. The number of hydrogen-bond donors (Lipinski definition) is 2. The molecule has 9 nitrogen and oxygen atoms in total. The van der Waals surface area contributed by atoms with Crippen molar-refractivity contribution in [1.82, 2.24) is 15.5 Å². The van der Waals surface area contributed by atoms with Gasteiger partial charge in [-0.05, 0) is 58.3 Å². The van der Waals surface area contributed by atoms with Crippen LogP contribution < -0.4 is 10.6 Å². The predicted molar refractivity (Wildman–Crippen MR) is 134 cm³/mol. The second kappa shape index (κ2) is 11.8. The van der Waals surface area contributed by atoms with Crippen molar-refractivity contribution in [1.29, 1.82) is 0 Å². The Hall–Kier alpha value is -4.24. The van der Waals surface area contributed by atoms with E-state index in [4.69, 9.17) is 4.42 Å². The zero-order valence-electron chi connectivity index (χ0n) is 19.9. The fourth-order valence-corrected chi connectivity index (χ4v) is 3.25. The lowest BCUT2D eigenvalue weighted by molar-refractivity contribution is -0.384. The summed E-state index contributed by atoms with van der Waals surface area (Å²) in [5, 5.41) is 16.6. The molecule has 9 heteroatoms. The maximum atomic E-state index is 12.9. The van der Waals surface area contributed by atoms with E-state index >= 15 is 0 Å². The topological polar surface area (TPSA) is 118 Å². The van der Waals surface area contributed by atoms with E-state index in [9.17, 15) is 19.7 Å². The Balaban J connectivity index is 1.83. The van der Waals surface area contributed by atoms with E-state index in [1.54, 1.807) is 36.4 Å². The van der Waals surface area contributed by atoms with Gasteiger partial charge in [-0.1, -0.05) is 29.8 Å². The Bertz CT molecular complexity index is 1230. The maximum absolute atomic E-state index is 12.9. The molecule has 0 aliphatic carbocycles. The highest BCUT2D eigenvalue weighted by Crippen LogP contribution is 2.26. The van der Waals surface area contributed by atoms with Crippen LogP contribution in [0.2, 0.25) is 0 Å². The van der Waals surface area contributed by atoms with Crippen molar-refractivity contribution in [2.45, 2.75) is 13.3 Å². The number of nitrogens with one attached hydrogen (secondary N) is 2. The standard InChI is InChI=1S/C26H28N4O5/c1-18-8-10-19(11-9-18)25(31)28-23(26(32)27-14-5-15-29(2)3)17-22-12-13-24(35-22)20-6-4-7-21(16-20)30(33)34/h4,6-13,16-17H,5,14-15H2,1-3H3,(H,27,32)(H,28,31). The third-order valence-electron chi connectivity index (χ3n) is 5.13. The zero-order chi connectivity index (χ0) is 25.4. The number of nitro groups is 1. The number of amides is 2. The zero-order valence-corrected chi connectivity index (χ0v) is 19.9. The summed E-state index contributed by atoms with van der Waals surface area (Å²) in [5.41, 5.74) is 1.93. The Morgan fingerprint density at radius 1 is 1.09 bits per heavy atom. The van der Waals surface area contributed by atoms with Gasteiger partial charge in [0.05, 0.1) is 4.92 Å². The van der Waals surface area contributed by atoms with Gasteiger partial charge in [0.25, 0.3) is 17.5 Å². The molecule has 0 spiro atoms. The molecule has 0 atom stereocenters. The van der Waals surface area contributed by atoms with Crippen LogP contribution in [0.3, 0.4) is 0 Å². The summed E-state index contributed by atoms with van der Waals surface area (Å²) in [6.45, 7) is 3.16. The second-order valence-electron chi connectivity index (χ2n) is 8.30. The summed E-state index contributed by atoms with van der Waals surface area (Å²) in [4.78, 5) is 38.3. The average molecular weight is 477 g/mol. The first-order valence-electron chi connectivity index (χ1n) is 11.1. The molecule has 1 aromatic heterocycles. The molecule has 0 fully saturated rings. The fourth-order valence-electron chi connectivity index (χ4n) is 3.25. The van der Waals surface area contributed by atoms with Gasteiger partial charge in [-0.2, -0.15) is 0 Å². The largest absolute Gasteiger partial charge is 0.457 e. The van der Waals surface area contributed by atoms with E-state index in [1.807, 2.05) is 38.1 Å². The van der Waals surface area contributed by atoms with Crippen molar-refractivity contribution in [2.24, 2.45) is 0 Å². The molecule has 3 aromatic rings. The number of non-ortho nitro benzene ring substituents is 1. The Labute approximate surface area is 203 Å². The van der Waals surface area contributed by atoms with Crippen LogP contribution in [0, 0.1) is 17.0 Å². The number of aryl methyl sites for hydroxylation is 1. The minimum Gasteiger partial charge on any atom is -0.457 e. The third kappa shape index (κ3) is 7.38. The highest BCUT2D eigenvalue weighted by Gasteiger charge is 2.16. The molecule has 0 radical (unpaired) electrons. The highest BCUT2D eigenvalue weighted by molar-refractivity contribution is 6.05. The van der Waals surface area contributed by atoms with E-state index < -0.39 is 16.7 Å². The van der Waals surface area contributed by atoms with Crippen LogP contribution in [0.4, 0.5) is 5.69 Å². The van der Waals surface area contributed by atoms with Gasteiger partial charge < -0.3 is 20.0 Å². The normalized spacial score (nSPS) is 11.4. The molecule has 35 heavy (non-hydrogen) atoms. The van der Waals surface area contributed by atoms with Gasteiger partial charge in [-0.3, -0.25) is 19.7 Å². The van der Waals surface area contributed by atoms with Crippen LogP contribution in [0.5, 0.6) is 0 Å². The van der Waals surface area contributed by atoms with Crippen molar-refractivity contribution in [3.8, 4) is 11.3 Å². The van der Waals surface area contributed by atoms with Crippen molar-refractivity contribution in [3.05, 3.63) is 93.4 Å². The van der Waals surface area contributed by atoms with Crippen molar-refractivity contribution < 1.29 is 18.9 Å². The Morgan fingerprint density at radius 3 is 2.51 bits per heavy atom. The van der Waals surface area contributed by atoms with Crippen LogP contribution in [-0.4, -0.2) is 48.8 Å². The molecule has 0 bridgehead atoms. The van der Waals surface area contributed by atoms with Gasteiger partial charge in [0, 0.05) is 35.9 Å². The molecule has 2 N–H and O–H groups in total. The highest BCUT2D eigenvalue weighted by atomic mass is 16.6. The summed E-state index contributed by atoms with van der Waals surface area (Å²) >= 11 is 0. The summed E-state index contributed by atoms with van der Waals surface area (Å²) in [6.07, 6.45) is 2.18. The minimum atomic E-state index is -0.480. The van der Waals surface area contributed by atoms with Crippen LogP contribution in [0.25, 0.3) is 17.4 Å². The number of carbonyl (C=O) groups excluding carboxylic acids is 2. The lowest BCUT2D eigenvalue weighted by Gasteiger charge is -2.12. The van der Waals surface area contributed by atoms with Crippen LogP contribution >= 0.6 is 0 Å². The van der Waals surface area contributed by atoms with E-state index in [2.05, 4.69) is 10.6 Å². The molecular weight excluding hydrogens is 448 g/mol. The first-order valence-corrected chi connectivity index (χ1v) is 11.1. The lowest BCUT2D eigenvalue weighted by Crippen LogP contribution is -2.36. The molecule has 0 aliphatic rings. The Kier molecular flexibility index (Phi) is 8.53. The van der Waals surface area contributed by atoms with Crippen molar-refractivity contribution >= 4 is 23.6 Å². The lowest BCUT2D eigenvalue weighted by atomic mass is 10.1. The molecule has 1 heterocycles. The van der Waals surface area contributed by atoms with Crippen molar-refractivity contribution in [3.63, 3.8) is 0 Å². The van der Waals surface area contributed by atoms with Crippen molar-refractivity contribution in [2.75, 3.05) is 27.2 Å². The van der Waals surface area contributed by atoms with Gasteiger partial charge >= 0.3 is 0 Å². The van der Waals surface area contributed by atoms with Crippen LogP contribution in [-0.2, 0) is 4.79 Å². The van der Waals surface area contributed by atoms with E-state index in [1.165, 1.54) is 18.2 Å². The van der Waals surface area contributed by atoms with Gasteiger partial charge in [-0.15, -0.1) is 0 Å². The molecule has 2 amide bonds. The first-order chi connectivity index (χ1) is 16.7. The number of benzene rings is 2. The smallest absolute Gasteiger partial charge is 0.270 e. The van der Waals surface area contributed by atoms with E-state index in [-0.39, 0.29) is 11.4 Å². The molecule has 0 saturated carbocycles. The molecule has 182 valence electrons. The fraction of sp³-hybridized carbons (Fsp3) is 0.231. The SMILES string of the molecule is Cc1ccc(C(=O)NC(=Cc2ccc(-c3cccc([N+](=O)[O-])c3)o2)C(=O)NCCCN(C)C)cc1. The summed E-state index contributed by atoms with van der Waals surface area (Å²) in [7, 11) is 3.90. The molecule has 0 aliphatic heterocycles. The molecular formula is C26H28N4O5. The number of furan rings is 1. The quantitative estimate of drug-likeness (QED) is 0.198. The van der Waals surface area contributed by atoms with E-state index in [0.29, 0.717) is 29.2 Å². The second-order valence-corrected chi connectivity index (χ2v) is 8.30. The number of rotatable bonds is 10. The molecule has 2 aromatic carbocycles. The van der Waals surface area contributed by atoms with Gasteiger partial charge in [0.2, 0.25) is 0 Å². The molecule has 0 unspecified atom stereocenters. The molecule has 3 rings (SSSR count). The first kappa shape index (κ1) is 25.4. The van der Waals surface area contributed by atoms with E-state index in [0.717, 1.165) is 18.5 Å². The average Bonchev–Trinajstić information content (AvgIpc) is 3.30. The molecule has 0 saturated heterocycles. The van der Waals surface area contributed by atoms with Gasteiger partial charge in [-0.25, -0.2) is 0 Å². The number of hydrogen-bond acceptors (Lipinski definition) is 6. The number of nitrogens with zero attached hydrogens (tertiary/aromatic N) is 2. The van der Waals surface area contributed by atoms with Gasteiger partial charge in [0.15, 0.2) is 0 Å². The van der Waals surface area contributed by atoms with Crippen LogP contribution in [0.15, 0.2) is 70.8 Å². The summed E-state index contributed by atoms with van der Waals surface area (Å²) in [5.74, 6) is -0.160. The van der Waals surface area contributed by atoms with Gasteiger partial charge in [0.1, 0.15) is 17.2 Å². The minimum absolute atomic E-state index is 0.0281. The third-order valence-corrected chi connectivity index (χ3v) is 5.13. The summed E-state index contributed by atoms with van der Waals surface area (Å²) < 4.78 is 5.81.